The number of carbonyl (C=O) groups is 2. The van der Waals surface area contributed by atoms with Crippen molar-refractivity contribution >= 4 is 11.9 Å². The highest BCUT2D eigenvalue weighted by Crippen LogP contribution is 2.67. The highest BCUT2D eigenvalue weighted by molar-refractivity contribution is 5.96. The second-order valence-corrected chi connectivity index (χ2v) is 13.5. The van der Waals surface area contributed by atoms with Crippen molar-refractivity contribution in [2.75, 3.05) is 0 Å². The van der Waals surface area contributed by atoms with Crippen LogP contribution in [0.2, 0.25) is 0 Å². The lowest BCUT2D eigenvalue weighted by Gasteiger charge is -2.39. The highest BCUT2D eigenvalue weighted by Gasteiger charge is 2.64. The molecule has 6 unspecified atom stereocenters. The van der Waals surface area contributed by atoms with Crippen LogP contribution in [0.25, 0.3) is 0 Å². The monoisotopic (exact) mass is 469 g/mol. The predicted octanol–water partition coefficient (Wildman–Crippen LogP) is 6.04. The van der Waals surface area contributed by atoms with E-state index in [-0.39, 0.29) is 52.2 Å². The number of esters is 2. The highest BCUT2D eigenvalue weighted by atomic mass is 16.6. The predicted molar refractivity (Wildman–Crippen MR) is 131 cm³/mol. The maximum atomic E-state index is 13.4. The van der Waals surface area contributed by atoms with E-state index in [1.165, 1.54) is 12.8 Å². The number of dihydropyridines is 1. The lowest BCUT2D eigenvalue weighted by Crippen LogP contribution is -2.40. The minimum atomic E-state index is -0.287. The van der Waals surface area contributed by atoms with E-state index >= 15 is 0 Å². The third-order valence-corrected chi connectivity index (χ3v) is 12.1. The molecule has 0 spiro atoms. The first kappa shape index (κ1) is 23.9. The van der Waals surface area contributed by atoms with Crippen molar-refractivity contribution in [1.29, 1.82) is 0 Å². The molecule has 188 valence electrons. The van der Waals surface area contributed by atoms with E-state index in [1.807, 2.05) is 13.8 Å². The Hall–Kier alpha value is -1.78. The molecular formula is C29H43NO4. The Bertz CT molecular complexity index is 926. The van der Waals surface area contributed by atoms with E-state index in [0.717, 1.165) is 37.1 Å². The van der Waals surface area contributed by atoms with Crippen molar-refractivity contribution < 1.29 is 19.1 Å². The van der Waals surface area contributed by atoms with Gasteiger partial charge in [-0.05, 0) is 75.0 Å². The molecule has 5 aliphatic rings. The smallest absolute Gasteiger partial charge is 0.336 e. The van der Waals surface area contributed by atoms with Crippen LogP contribution in [0.5, 0.6) is 0 Å². The van der Waals surface area contributed by atoms with Crippen molar-refractivity contribution in [3.8, 4) is 0 Å². The van der Waals surface area contributed by atoms with E-state index in [2.05, 4.69) is 46.9 Å². The number of nitrogens with one attached hydrogen (secondary N) is 1. The number of ether oxygens (including phenoxy) is 2. The lowest BCUT2D eigenvalue weighted by atomic mass is 9.70. The molecule has 34 heavy (non-hydrogen) atoms. The van der Waals surface area contributed by atoms with Crippen molar-refractivity contribution in [2.45, 2.75) is 113 Å². The first-order valence-electron chi connectivity index (χ1n) is 13.3. The van der Waals surface area contributed by atoms with Gasteiger partial charge in [0.05, 0.1) is 11.1 Å². The summed E-state index contributed by atoms with van der Waals surface area (Å²) >= 11 is 0. The molecule has 6 atom stereocenters. The van der Waals surface area contributed by atoms with E-state index in [0.29, 0.717) is 23.0 Å². The number of hydrogen-bond donors (Lipinski definition) is 1. The molecule has 0 aromatic rings. The molecule has 4 fully saturated rings. The van der Waals surface area contributed by atoms with Crippen LogP contribution in [0.4, 0.5) is 0 Å². The van der Waals surface area contributed by atoms with Crippen LogP contribution in [0.15, 0.2) is 22.5 Å². The Labute approximate surface area is 205 Å². The van der Waals surface area contributed by atoms with Gasteiger partial charge < -0.3 is 14.8 Å². The fraction of sp³-hybridized carbons (Fsp3) is 0.793. The third kappa shape index (κ3) is 3.03. The largest absolute Gasteiger partial charge is 0.458 e. The number of carbonyl (C=O) groups excluding carboxylic acids is 2. The molecule has 0 radical (unpaired) electrons. The molecule has 0 aromatic heterocycles. The maximum absolute atomic E-state index is 13.4. The van der Waals surface area contributed by atoms with Gasteiger partial charge in [-0.25, -0.2) is 9.59 Å². The zero-order valence-electron chi connectivity index (χ0n) is 22.4. The second kappa shape index (κ2) is 7.36. The van der Waals surface area contributed by atoms with Crippen LogP contribution in [-0.2, 0) is 19.1 Å². The molecule has 1 aliphatic heterocycles. The molecule has 4 saturated carbocycles. The van der Waals surface area contributed by atoms with Crippen LogP contribution < -0.4 is 5.32 Å². The molecular weight excluding hydrogens is 426 g/mol. The molecule has 1 N–H and O–H groups in total. The summed E-state index contributed by atoms with van der Waals surface area (Å²) in [5.74, 6) is 0.639. The van der Waals surface area contributed by atoms with E-state index < -0.39 is 0 Å². The first-order chi connectivity index (χ1) is 15.7. The quantitative estimate of drug-likeness (QED) is 0.508. The standard InChI is InChI=1S/C29H43NO4/c1-16-20(24(31)33-22-13-18-9-11-28(22,7)26(18,3)4)15-21(17(2)30-16)25(32)34-23-14-19-10-12-29(23,8)27(19,5)6/h18-19,22-23,30H,9-15H2,1-8H3. The van der Waals surface area contributed by atoms with Crippen molar-refractivity contribution in [3.05, 3.63) is 22.5 Å². The van der Waals surface area contributed by atoms with Gasteiger partial charge in [0.2, 0.25) is 0 Å². The number of hydrogen-bond acceptors (Lipinski definition) is 5. The normalized spacial score (nSPS) is 41.6. The average molecular weight is 470 g/mol. The molecule has 5 heteroatoms. The Morgan fingerprint density at radius 1 is 0.735 bits per heavy atom. The Morgan fingerprint density at radius 3 is 1.41 bits per heavy atom. The van der Waals surface area contributed by atoms with Gasteiger partial charge in [0, 0.05) is 28.6 Å². The fourth-order valence-electron chi connectivity index (χ4n) is 8.34. The second-order valence-electron chi connectivity index (χ2n) is 13.5. The molecule has 0 saturated heterocycles. The summed E-state index contributed by atoms with van der Waals surface area (Å²) in [6.45, 7) is 17.6. The van der Waals surface area contributed by atoms with Crippen LogP contribution in [0, 0.1) is 33.5 Å². The Kier molecular flexibility index (Phi) is 5.19. The number of fused-ring (bicyclic) bond motifs is 4. The van der Waals surface area contributed by atoms with Crippen LogP contribution in [0.1, 0.15) is 100 Å². The minimum Gasteiger partial charge on any atom is -0.458 e. The fourth-order valence-corrected chi connectivity index (χ4v) is 8.34. The van der Waals surface area contributed by atoms with Crippen LogP contribution in [0.3, 0.4) is 0 Å². The molecule has 0 aromatic carbocycles. The van der Waals surface area contributed by atoms with Crippen LogP contribution >= 0.6 is 0 Å². The van der Waals surface area contributed by atoms with Gasteiger partial charge in [-0.2, -0.15) is 0 Å². The van der Waals surface area contributed by atoms with Crippen molar-refractivity contribution in [1.82, 2.24) is 5.32 Å². The van der Waals surface area contributed by atoms with Gasteiger partial charge in [-0.1, -0.05) is 41.5 Å². The SMILES string of the molecule is CC1=C(C(=O)OC2CC3CCC2(C)C3(C)C)CC(C(=O)OC2CC3CCC2(C)C3(C)C)=C(C)N1. The number of allylic oxidation sites excluding steroid dienone is 2. The Balaban J connectivity index is 1.28. The minimum absolute atomic E-state index is 0.0153. The zero-order valence-corrected chi connectivity index (χ0v) is 22.4. The summed E-state index contributed by atoms with van der Waals surface area (Å²) in [6.07, 6.45) is 6.67. The summed E-state index contributed by atoms with van der Waals surface area (Å²) in [7, 11) is 0. The van der Waals surface area contributed by atoms with Gasteiger partial charge in [0.1, 0.15) is 12.2 Å². The summed E-state index contributed by atoms with van der Waals surface area (Å²) in [6, 6.07) is 0. The number of rotatable bonds is 4. The molecule has 5 rings (SSSR count). The zero-order chi connectivity index (χ0) is 24.8. The van der Waals surface area contributed by atoms with E-state index in [4.69, 9.17) is 9.47 Å². The van der Waals surface area contributed by atoms with Gasteiger partial charge in [0.15, 0.2) is 0 Å². The van der Waals surface area contributed by atoms with E-state index in [1.54, 1.807) is 0 Å². The average Bonchev–Trinajstić information content (AvgIpc) is 3.25. The molecule has 1 heterocycles. The summed E-state index contributed by atoms with van der Waals surface area (Å²) in [4.78, 5) is 26.7. The lowest BCUT2D eigenvalue weighted by molar-refractivity contribution is -0.152. The third-order valence-electron chi connectivity index (χ3n) is 12.1. The van der Waals surface area contributed by atoms with Gasteiger partial charge in [-0.3, -0.25) is 0 Å². The van der Waals surface area contributed by atoms with Crippen LogP contribution in [-0.4, -0.2) is 24.1 Å². The first-order valence-corrected chi connectivity index (χ1v) is 13.3. The Morgan fingerprint density at radius 2 is 1.12 bits per heavy atom. The molecule has 5 nitrogen and oxygen atoms in total. The summed E-state index contributed by atoms with van der Waals surface area (Å²) in [5.41, 5.74) is 3.06. The topological polar surface area (TPSA) is 64.6 Å². The summed E-state index contributed by atoms with van der Waals surface area (Å²) in [5, 5.41) is 3.27. The molecule has 4 aliphatic carbocycles. The van der Waals surface area contributed by atoms with Crippen molar-refractivity contribution in [3.63, 3.8) is 0 Å². The van der Waals surface area contributed by atoms with E-state index in [9.17, 15) is 9.59 Å². The van der Waals surface area contributed by atoms with Gasteiger partial charge >= 0.3 is 11.9 Å². The van der Waals surface area contributed by atoms with Gasteiger partial charge in [0.25, 0.3) is 0 Å². The van der Waals surface area contributed by atoms with Crippen molar-refractivity contribution in [2.24, 2.45) is 33.5 Å². The molecule has 0 amide bonds. The van der Waals surface area contributed by atoms with Gasteiger partial charge in [-0.15, -0.1) is 0 Å². The molecule has 4 bridgehead atoms. The maximum Gasteiger partial charge on any atom is 0.336 e. The summed E-state index contributed by atoms with van der Waals surface area (Å²) < 4.78 is 12.3.